The second kappa shape index (κ2) is 45.0. The summed E-state index contributed by atoms with van der Waals surface area (Å²) in [4.78, 5) is 27.8. The first-order valence-electron chi connectivity index (χ1n) is 39.3. The summed E-state index contributed by atoms with van der Waals surface area (Å²) in [6.45, 7) is 1.27. The van der Waals surface area contributed by atoms with Gasteiger partial charge in [0.1, 0.15) is 67.1 Å². The molecule has 0 saturated carbocycles. The van der Waals surface area contributed by atoms with Gasteiger partial charge in [-0.25, -0.2) is 4.79 Å². The van der Waals surface area contributed by atoms with E-state index in [1.54, 1.807) is 24.3 Å². The Morgan fingerprint density at radius 1 is 0.272 bits per heavy atom. The number of ether oxygens (including phenoxy) is 17. The molecule has 3 saturated heterocycles. The van der Waals surface area contributed by atoms with Crippen LogP contribution < -0.4 is 0 Å². The zero-order valence-corrected chi connectivity index (χ0v) is 64.3. The quantitative estimate of drug-likeness (QED) is 0.0259. The second-order valence-corrected chi connectivity index (χ2v) is 28.4. The first-order valence-corrected chi connectivity index (χ1v) is 39.3. The average Bonchev–Trinajstić information content (AvgIpc) is 0.759. The molecule has 10 aromatic carbocycles. The summed E-state index contributed by atoms with van der Waals surface area (Å²) in [6.07, 6.45) is -15.8. The maximum Gasteiger partial charge on any atom is 0.338 e. The Hall–Kier alpha value is -9.46. The van der Waals surface area contributed by atoms with Crippen molar-refractivity contribution in [1.29, 1.82) is 0 Å². The van der Waals surface area contributed by atoms with Gasteiger partial charge in [0.2, 0.25) is 0 Å². The summed E-state index contributed by atoms with van der Waals surface area (Å²) in [5.41, 5.74) is 8.24. The van der Waals surface area contributed by atoms with Crippen molar-refractivity contribution in [3.05, 3.63) is 359 Å². The van der Waals surface area contributed by atoms with E-state index < -0.39 is 98.1 Å². The van der Waals surface area contributed by atoms with E-state index in [0.717, 1.165) is 50.1 Å². The third-order valence-electron chi connectivity index (χ3n) is 20.0. The molecule has 0 spiro atoms. The van der Waals surface area contributed by atoms with E-state index in [2.05, 4.69) is 0 Å². The first-order chi connectivity index (χ1) is 56.3. The maximum absolute atomic E-state index is 15.4. The van der Waals surface area contributed by atoms with Crippen molar-refractivity contribution in [1.82, 2.24) is 0 Å². The molecule has 15 atom stereocenters. The molecule has 3 aliphatic rings. The third kappa shape index (κ3) is 25.0. The Balaban J connectivity index is 0.973. The van der Waals surface area contributed by atoms with Crippen LogP contribution in [0.2, 0.25) is 0 Å². The van der Waals surface area contributed by atoms with Gasteiger partial charge in [-0.05, 0) is 75.0 Å². The normalized spacial score (nSPS) is 23.5. The molecular weight excluding hydrogens is 1450 g/mol. The maximum atomic E-state index is 15.4. The summed E-state index contributed by atoms with van der Waals surface area (Å²) in [7, 11) is 1.39. The molecule has 0 unspecified atom stereocenters. The molecule has 10 aromatic rings. The molecule has 596 valence electrons. The first kappa shape index (κ1) is 82.5. The van der Waals surface area contributed by atoms with Crippen LogP contribution in [-0.4, -0.2) is 138 Å². The van der Waals surface area contributed by atoms with Crippen LogP contribution in [-0.2, 0) is 145 Å². The lowest BCUT2D eigenvalue weighted by Gasteiger charge is -2.52. The smallest absolute Gasteiger partial charge is 0.338 e. The lowest BCUT2D eigenvalue weighted by molar-refractivity contribution is -0.404. The van der Waals surface area contributed by atoms with Gasteiger partial charge in [-0.2, -0.15) is 0 Å². The van der Waals surface area contributed by atoms with E-state index in [4.69, 9.17) is 80.5 Å². The molecule has 114 heavy (non-hydrogen) atoms. The fraction of sp³-hybridized carbons (Fsp3) is 0.347. The Morgan fingerprint density at radius 2 is 0.535 bits per heavy atom. The van der Waals surface area contributed by atoms with E-state index in [9.17, 15) is 4.79 Å². The summed E-state index contributed by atoms with van der Waals surface area (Å²) in [5, 5.41) is 0. The van der Waals surface area contributed by atoms with E-state index >= 15 is 4.79 Å². The number of carbonyl (C=O) groups excluding carboxylic acids is 2. The van der Waals surface area contributed by atoms with E-state index in [1.165, 1.54) is 7.11 Å². The third-order valence-corrected chi connectivity index (χ3v) is 20.0. The van der Waals surface area contributed by atoms with Gasteiger partial charge in [0.15, 0.2) is 25.0 Å². The molecule has 0 bridgehead atoms. The van der Waals surface area contributed by atoms with Crippen molar-refractivity contribution in [2.75, 3.05) is 33.5 Å². The Morgan fingerprint density at radius 3 is 0.851 bits per heavy atom. The molecule has 3 aliphatic heterocycles. The van der Waals surface area contributed by atoms with Gasteiger partial charge in [0.05, 0.1) is 92.0 Å². The number of unbranched alkanes of at least 4 members (excludes halogenated alkanes) is 2. The van der Waals surface area contributed by atoms with Gasteiger partial charge < -0.3 is 80.5 Å². The standard InChI is InChI=1S/C95H102O19/c1-98-82(96)55-33-12-34-56-102-93-89(86(106-63-75-47-25-8-26-48-75)83(103-60-72-41-19-5-20-42-72)79(109-93)66-99-57-69-35-13-2-14-36-69)113-95-91(88(108-65-77-51-29-10-30-52-77)85(105-62-74-45-23-7-24-46-74)81(111-95)68-101-59-71-39-17-4-18-40-71)114-94-90(112-92(97)78-53-31-11-32-54-78)87(107-64-76-49-27-9-28-50-76)84(104-61-73-43-21-6-22-44-73)80(110-94)67-100-58-70-37-15-3-16-38-70/h2-11,13-32,35-54,79-81,83-91,93-95H,12,33-34,55-68H2,1H3/t79-,80-,81-,83-,84-,85-,86+,87+,88+,89+,90-,91+,93+,94+,95+/m1/s1. The highest BCUT2D eigenvalue weighted by Gasteiger charge is 2.58. The van der Waals surface area contributed by atoms with Crippen LogP contribution in [0.25, 0.3) is 0 Å². The highest BCUT2D eigenvalue weighted by Crippen LogP contribution is 2.40. The monoisotopic (exact) mass is 1550 g/mol. The van der Waals surface area contributed by atoms with E-state index in [1.807, 2.05) is 279 Å². The summed E-state index contributed by atoms with van der Waals surface area (Å²) < 4.78 is 122. The van der Waals surface area contributed by atoms with Crippen molar-refractivity contribution < 1.29 is 90.1 Å². The molecule has 0 aliphatic carbocycles. The number of hydrogen-bond acceptors (Lipinski definition) is 19. The fourth-order valence-electron chi connectivity index (χ4n) is 14.1. The Kier molecular flexibility index (Phi) is 32.6. The predicted octanol–water partition coefficient (Wildman–Crippen LogP) is 16.1. The van der Waals surface area contributed by atoms with Crippen LogP contribution in [0, 0.1) is 0 Å². The molecule has 19 heteroatoms. The van der Waals surface area contributed by atoms with Gasteiger partial charge in [-0.3, -0.25) is 4.79 Å². The van der Waals surface area contributed by atoms with Gasteiger partial charge in [0, 0.05) is 13.0 Å². The van der Waals surface area contributed by atoms with Crippen LogP contribution in [0.4, 0.5) is 0 Å². The molecule has 3 heterocycles. The van der Waals surface area contributed by atoms with Crippen LogP contribution in [0.15, 0.2) is 303 Å². The fourth-order valence-corrected chi connectivity index (χ4v) is 14.1. The minimum atomic E-state index is -1.58. The Labute approximate surface area is 668 Å². The highest BCUT2D eigenvalue weighted by atomic mass is 16.8. The van der Waals surface area contributed by atoms with Crippen molar-refractivity contribution in [2.45, 2.75) is 177 Å². The van der Waals surface area contributed by atoms with E-state index in [0.29, 0.717) is 19.3 Å². The molecule has 13 rings (SSSR count). The van der Waals surface area contributed by atoms with Crippen molar-refractivity contribution >= 4 is 11.9 Å². The largest absolute Gasteiger partial charge is 0.469 e. The van der Waals surface area contributed by atoms with Crippen molar-refractivity contribution in [3.63, 3.8) is 0 Å². The summed E-state index contributed by atoms with van der Waals surface area (Å²) in [5.74, 6) is -0.995. The van der Waals surface area contributed by atoms with E-state index in [-0.39, 0.29) is 104 Å². The number of benzene rings is 10. The van der Waals surface area contributed by atoms with Crippen LogP contribution in [0.5, 0.6) is 0 Å². The van der Waals surface area contributed by atoms with Gasteiger partial charge in [-0.1, -0.05) is 298 Å². The summed E-state index contributed by atoms with van der Waals surface area (Å²) in [6, 6.07) is 97.4. The molecule has 0 amide bonds. The minimum Gasteiger partial charge on any atom is -0.469 e. The molecule has 0 N–H and O–H groups in total. The number of esters is 2. The topological polar surface area (TPSA) is 191 Å². The Bertz CT molecular complexity index is 4300. The van der Waals surface area contributed by atoms with Crippen molar-refractivity contribution in [2.24, 2.45) is 0 Å². The molecule has 0 radical (unpaired) electrons. The lowest BCUT2D eigenvalue weighted by atomic mass is 9.95. The second-order valence-electron chi connectivity index (χ2n) is 28.4. The van der Waals surface area contributed by atoms with Gasteiger partial charge in [0.25, 0.3) is 0 Å². The van der Waals surface area contributed by atoms with Crippen LogP contribution >= 0.6 is 0 Å². The number of carbonyl (C=O) groups is 2. The minimum absolute atomic E-state index is 0.0319. The summed E-state index contributed by atoms with van der Waals surface area (Å²) >= 11 is 0. The number of hydrogen-bond donors (Lipinski definition) is 0. The highest BCUT2D eigenvalue weighted by molar-refractivity contribution is 5.89. The van der Waals surface area contributed by atoms with Crippen LogP contribution in [0.3, 0.4) is 0 Å². The molecule has 19 nitrogen and oxygen atoms in total. The van der Waals surface area contributed by atoms with Crippen molar-refractivity contribution in [3.8, 4) is 0 Å². The van der Waals surface area contributed by atoms with Gasteiger partial charge in [-0.15, -0.1) is 0 Å². The predicted molar refractivity (Wildman–Crippen MR) is 426 cm³/mol. The average molecular weight is 1550 g/mol. The van der Waals surface area contributed by atoms with Gasteiger partial charge >= 0.3 is 11.9 Å². The number of rotatable bonds is 43. The van der Waals surface area contributed by atoms with Crippen LogP contribution in [0.1, 0.15) is 86.1 Å². The SMILES string of the molecule is COC(=O)CCCCCO[C@H]1O[C@H](COCc2ccccc2)[C@@H](OCc2ccccc2)[C@H](OCc2ccccc2)[C@@H]1O[C@@H]1O[C@H](COCc2ccccc2)[C@@H](OCc2ccccc2)[C@H](OCc2ccccc2)[C@@H]1O[C@@H]1O[C@H](COCc2ccccc2)[C@@H](OCc2ccccc2)[C@H](OCc2ccccc2)[C@H]1OC(=O)c1ccccc1. The number of methoxy groups -OCH3 is 1. The molecule has 0 aromatic heterocycles. The zero-order chi connectivity index (χ0) is 78.0. The lowest BCUT2D eigenvalue weighted by Crippen LogP contribution is -2.68. The molecular formula is C95H102O19. The molecule has 3 fully saturated rings. The zero-order valence-electron chi connectivity index (χ0n) is 64.3.